The molecule has 0 aromatic heterocycles. The summed E-state index contributed by atoms with van der Waals surface area (Å²) in [7, 11) is 0.851. The molecule has 0 saturated carbocycles. The van der Waals surface area contributed by atoms with Crippen LogP contribution in [0.3, 0.4) is 0 Å². The van der Waals surface area contributed by atoms with Gasteiger partial charge in [0.25, 0.3) is 0 Å². The van der Waals surface area contributed by atoms with E-state index in [4.69, 9.17) is 11.6 Å². The summed E-state index contributed by atoms with van der Waals surface area (Å²) in [6.45, 7) is -1.44. The molecule has 2 aromatic rings. The van der Waals surface area contributed by atoms with Gasteiger partial charge >= 0.3 is 24.6 Å². The number of likely N-dealkylation sites (N-methyl/N-ethyl adjacent to an activating group) is 1. The second-order valence-corrected chi connectivity index (χ2v) is 8.76. The minimum absolute atomic E-state index is 0.0818. The van der Waals surface area contributed by atoms with Crippen molar-refractivity contribution in [3.05, 3.63) is 75.3 Å². The van der Waals surface area contributed by atoms with Crippen LogP contribution in [0.4, 0.5) is 48.7 Å². The molecule has 214 valence electrons. The summed E-state index contributed by atoms with van der Waals surface area (Å²) in [5.74, 6) is -5.58. The summed E-state index contributed by atoms with van der Waals surface area (Å²) in [5.41, 5.74) is -3.89. The summed E-state index contributed by atoms with van der Waals surface area (Å²) in [6.07, 6.45) is -15.0. The van der Waals surface area contributed by atoms with Crippen molar-refractivity contribution < 1.29 is 53.5 Å². The molecule has 2 aromatic carbocycles. The van der Waals surface area contributed by atoms with Gasteiger partial charge in [0, 0.05) is 23.2 Å². The molecule has 0 bridgehead atoms. The van der Waals surface area contributed by atoms with Crippen molar-refractivity contribution in [1.82, 2.24) is 10.2 Å². The van der Waals surface area contributed by atoms with Crippen molar-refractivity contribution >= 4 is 29.2 Å². The number of nitrogens with one attached hydrogen (secondary N) is 1. The van der Waals surface area contributed by atoms with Crippen LogP contribution in [-0.2, 0) is 6.18 Å². The smallest absolute Gasteiger partial charge is 0.329 e. The Balaban J connectivity index is 2.42. The van der Waals surface area contributed by atoms with Crippen molar-refractivity contribution in [3.63, 3.8) is 0 Å². The van der Waals surface area contributed by atoms with Gasteiger partial charge in [0.05, 0.1) is 12.1 Å². The Bertz CT molecular complexity index is 1250. The second kappa shape index (κ2) is 11.8. The molecule has 1 atom stereocenters. The number of ketones is 1. The summed E-state index contributed by atoms with van der Waals surface area (Å²) >= 11 is 5.81. The van der Waals surface area contributed by atoms with Gasteiger partial charge in [0.15, 0.2) is 5.78 Å². The van der Waals surface area contributed by atoms with Crippen LogP contribution in [0.2, 0.25) is 5.02 Å². The predicted molar refractivity (Wildman–Crippen MR) is 122 cm³/mol. The Kier molecular flexibility index (Phi) is 9.69. The summed E-state index contributed by atoms with van der Waals surface area (Å²) in [4.78, 5) is 24.6. The van der Waals surface area contributed by atoms with Crippen LogP contribution in [0.5, 0.6) is 0 Å². The fourth-order valence-electron chi connectivity index (χ4n) is 3.34. The van der Waals surface area contributed by atoms with Crippen LogP contribution in [0.1, 0.15) is 38.5 Å². The molecule has 4 nitrogen and oxygen atoms in total. The number of Topliss-reactive ketones (excluding diaryl/α,β-unsaturated/α-hetero) is 1. The van der Waals surface area contributed by atoms with E-state index in [9.17, 15) is 53.5 Å². The maximum Gasteiger partial charge on any atom is 0.417 e. The molecule has 39 heavy (non-hydrogen) atoms. The molecule has 0 spiro atoms. The predicted octanol–water partition coefficient (Wildman–Crippen LogP) is 7.71. The molecular formula is C24H19ClF10N2O2. The lowest BCUT2D eigenvalue weighted by atomic mass is 9.94. The molecule has 15 heteroatoms. The first-order valence-electron chi connectivity index (χ1n) is 10.7. The van der Waals surface area contributed by atoms with Gasteiger partial charge in [-0.05, 0) is 36.3 Å². The minimum atomic E-state index is -5.28. The van der Waals surface area contributed by atoms with E-state index in [1.807, 2.05) is 0 Å². The molecular weight excluding hydrogens is 574 g/mol. The van der Waals surface area contributed by atoms with Crippen molar-refractivity contribution in [2.75, 3.05) is 20.1 Å². The summed E-state index contributed by atoms with van der Waals surface area (Å²) < 4.78 is 134. The van der Waals surface area contributed by atoms with Crippen molar-refractivity contribution in [3.8, 4) is 0 Å². The van der Waals surface area contributed by atoms with E-state index in [0.717, 1.165) is 25.2 Å². The fourth-order valence-corrected chi connectivity index (χ4v) is 3.45. The summed E-state index contributed by atoms with van der Waals surface area (Å²) in [6, 6.07) is 3.05. The lowest BCUT2D eigenvalue weighted by Gasteiger charge is -2.20. The van der Waals surface area contributed by atoms with E-state index in [1.54, 1.807) is 0 Å². The number of nitrogens with zero attached hydrogens (tertiary/aromatic N) is 1. The van der Waals surface area contributed by atoms with E-state index < -0.39 is 77.4 Å². The molecule has 0 fully saturated rings. The third kappa shape index (κ3) is 8.87. The van der Waals surface area contributed by atoms with Gasteiger partial charge in [-0.3, -0.25) is 4.79 Å². The molecule has 2 amide bonds. The molecule has 1 N–H and O–H groups in total. The number of hydrogen-bond donors (Lipinski definition) is 1. The van der Waals surface area contributed by atoms with Crippen LogP contribution in [0.25, 0.3) is 5.83 Å². The van der Waals surface area contributed by atoms with Crippen molar-refractivity contribution in [1.29, 1.82) is 0 Å². The molecule has 0 radical (unpaired) electrons. The third-order valence-electron chi connectivity index (χ3n) is 5.28. The minimum Gasteiger partial charge on any atom is -0.329 e. The van der Waals surface area contributed by atoms with Crippen LogP contribution in [0.15, 0.2) is 42.5 Å². The number of alkyl halides is 9. The van der Waals surface area contributed by atoms with Crippen LogP contribution in [0, 0.1) is 6.92 Å². The number of carbonyl (C=O) groups is 2. The number of carbonyl (C=O) groups excluding carboxylic acids is 2. The topological polar surface area (TPSA) is 49.4 Å². The van der Waals surface area contributed by atoms with E-state index in [0.29, 0.717) is 17.0 Å². The van der Waals surface area contributed by atoms with Crippen molar-refractivity contribution in [2.24, 2.45) is 0 Å². The molecule has 0 heterocycles. The number of benzene rings is 2. The SMILES string of the molecule is Cc1cc(C(/C=C(\F)c2ccc(C(=O)CN(C)C(=O)NCC(F)(F)F)c(C(F)(F)F)c2)C(F)(F)F)ccc1Cl. The Morgan fingerprint density at radius 1 is 1.00 bits per heavy atom. The lowest BCUT2D eigenvalue weighted by molar-refractivity contribution is -0.140. The van der Waals surface area contributed by atoms with Gasteiger partial charge in [-0.1, -0.05) is 35.9 Å². The number of aryl methyl sites for hydroxylation is 1. The van der Waals surface area contributed by atoms with Gasteiger partial charge in [0.2, 0.25) is 0 Å². The highest BCUT2D eigenvalue weighted by Crippen LogP contribution is 2.40. The molecule has 1 unspecified atom stereocenters. The maximum atomic E-state index is 14.9. The largest absolute Gasteiger partial charge is 0.417 e. The highest BCUT2D eigenvalue weighted by atomic mass is 35.5. The normalized spacial score (nSPS) is 13.7. The number of hydrogen-bond acceptors (Lipinski definition) is 2. The Morgan fingerprint density at radius 2 is 1.62 bits per heavy atom. The van der Waals surface area contributed by atoms with Gasteiger partial charge in [-0.15, -0.1) is 0 Å². The van der Waals surface area contributed by atoms with Crippen molar-refractivity contribution in [2.45, 2.75) is 31.4 Å². The number of urea groups is 1. The zero-order valence-corrected chi connectivity index (χ0v) is 20.7. The lowest BCUT2D eigenvalue weighted by Crippen LogP contribution is -2.43. The zero-order valence-electron chi connectivity index (χ0n) is 20.0. The van der Waals surface area contributed by atoms with Gasteiger partial charge in [0.1, 0.15) is 18.3 Å². The first kappa shape index (κ1) is 31.9. The van der Waals surface area contributed by atoms with Gasteiger partial charge in [-0.2, -0.15) is 39.5 Å². The average Bonchev–Trinajstić information content (AvgIpc) is 2.80. The van der Waals surface area contributed by atoms with E-state index in [2.05, 4.69) is 0 Å². The van der Waals surface area contributed by atoms with Crippen LogP contribution >= 0.6 is 11.6 Å². The first-order valence-corrected chi connectivity index (χ1v) is 11.1. The molecule has 2 rings (SSSR count). The van der Waals surface area contributed by atoms with Crippen LogP contribution in [-0.4, -0.2) is 49.2 Å². The van der Waals surface area contributed by atoms with E-state index in [-0.39, 0.29) is 22.7 Å². The third-order valence-corrected chi connectivity index (χ3v) is 5.70. The van der Waals surface area contributed by atoms with Gasteiger partial charge < -0.3 is 10.2 Å². The fraction of sp³-hybridized carbons (Fsp3) is 0.333. The van der Waals surface area contributed by atoms with E-state index >= 15 is 0 Å². The van der Waals surface area contributed by atoms with Crippen LogP contribution < -0.4 is 5.32 Å². The second-order valence-electron chi connectivity index (χ2n) is 8.35. The number of allylic oxidation sites excluding steroid dienone is 1. The Labute approximate surface area is 220 Å². The molecule has 0 aliphatic rings. The van der Waals surface area contributed by atoms with Gasteiger partial charge in [-0.25, -0.2) is 9.18 Å². The standard InChI is InChI=1S/C24H19ClF10N2O2/c1-12-7-13(4-6-18(12)25)16(23(30,31)32)9-19(26)14-3-5-15(17(8-14)24(33,34)35)20(38)10-37(2)21(39)36-11-22(27,28)29/h3-9,16H,10-11H2,1-2H3,(H,36,39)/b19-9-. The zero-order chi connectivity index (χ0) is 29.9. The molecule has 0 aliphatic heterocycles. The highest BCUT2D eigenvalue weighted by molar-refractivity contribution is 6.31. The quantitative estimate of drug-likeness (QED) is 0.264. The summed E-state index contributed by atoms with van der Waals surface area (Å²) in [5, 5.41) is 1.57. The Morgan fingerprint density at radius 3 is 2.13 bits per heavy atom. The number of rotatable bonds is 7. The molecule has 0 aliphatic carbocycles. The maximum absolute atomic E-state index is 14.9. The number of amides is 2. The monoisotopic (exact) mass is 592 g/mol. The Hall–Kier alpha value is -3.29. The van der Waals surface area contributed by atoms with E-state index in [1.165, 1.54) is 12.2 Å². The average molecular weight is 593 g/mol. The molecule has 0 saturated heterocycles. The first-order chi connectivity index (χ1) is 17.7. The number of halogens is 11. The highest BCUT2D eigenvalue weighted by Gasteiger charge is 2.41.